The molecule has 0 amide bonds. The molecular formula is C12H20N4O2. The molecule has 6 nitrogen and oxygen atoms in total. The Labute approximate surface area is 106 Å². The van der Waals surface area contributed by atoms with E-state index >= 15 is 0 Å². The maximum atomic E-state index is 11.6. The van der Waals surface area contributed by atoms with Crippen LogP contribution in [0.5, 0.6) is 5.75 Å². The maximum Gasteiger partial charge on any atom is 0.295 e. The SMILES string of the molecule is CNC1(C)CCN(c2nc[nH]c(=O)c2OC)CC1. The molecule has 1 aliphatic rings. The number of aromatic amines is 1. The Morgan fingerprint density at radius 1 is 1.50 bits per heavy atom. The molecule has 2 rings (SSSR count). The highest BCUT2D eigenvalue weighted by Crippen LogP contribution is 2.28. The maximum absolute atomic E-state index is 11.6. The number of methoxy groups -OCH3 is 1. The molecule has 1 aromatic heterocycles. The molecule has 0 atom stereocenters. The van der Waals surface area contributed by atoms with Crippen LogP contribution in [0.1, 0.15) is 19.8 Å². The van der Waals surface area contributed by atoms with E-state index < -0.39 is 0 Å². The summed E-state index contributed by atoms with van der Waals surface area (Å²) >= 11 is 0. The molecule has 1 aliphatic heterocycles. The quantitative estimate of drug-likeness (QED) is 0.812. The fourth-order valence-corrected chi connectivity index (χ4v) is 2.25. The van der Waals surface area contributed by atoms with E-state index in [0.29, 0.717) is 11.6 Å². The highest BCUT2D eigenvalue weighted by atomic mass is 16.5. The van der Waals surface area contributed by atoms with Crippen molar-refractivity contribution in [2.24, 2.45) is 0 Å². The summed E-state index contributed by atoms with van der Waals surface area (Å²) in [6, 6.07) is 0. The molecule has 1 fully saturated rings. The van der Waals surface area contributed by atoms with Gasteiger partial charge in [-0.15, -0.1) is 0 Å². The van der Waals surface area contributed by atoms with Crippen molar-refractivity contribution in [1.82, 2.24) is 15.3 Å². The van der Waals surface area contributed by atoms with E-state index in [-0.39, 0.29) is 11.1 Å². The van der Waals surface area contributed by atoms with Crippen molar-refractivity contribution in [1.29, 1.82) is 0 Å². The second-order valence-corrected chi connectivity index (χ2v) is 4.89. The minimum Gasteiger partial charge on any atom is -0.489 e. The van der Waals surface area contributed by atoms with Crippen LogP contribution in [0.2, 0.25) is 0 Å². The number of rotatable bonds is 3. The molecule has 2 heterocycles. The Balaban J connectivity index is 2.20. The van der Waals surface area contributed by atoms with Crippen LogP contribution in [-0.4, -0.2) is 42.8 Å². The molecule has 0 saturated carbocycles. The predicted molar refractivity (Wildman–Crippen MR) is 70.3 cm³/mol. The van der Waals surface area contributed by atoms with Crippen LogP contribution in [0.4, 0.5) is 5.82 Å². The highest BCUT2D eigenvalue weighted by molar-refractivity contribution is 5.51. The van der Waals surface area contributed by atoms with Crippen molar-refractivity contribution in [2.45, 2.75) is 25.3 Å². The average Bonchev–Trinajstić information content (AvgIpc) is 2.39. The number of piperidine rings is 1. The summed E-state index contributed by atoms with van der Waals surface area (Å²) in [5.41, 5.74) is -0.0604. The molecule has 0 aliphatic carbocycles. The van der Waals surface area contributed by atoms with Gasteiger partial charge in [-0.3, -0.25) is 4.79 Å². The first kappa shape index (κ1) is 12.9. The van der Waals surface area contributed by atoms with E-state index in [2.05, 4.69) is 27.1 Å². The first-order chi connectivity index (χ1) is 8.59. The molecular weight excluding hydrogens is 232 g/mol. The van der Waals surface area contributed by atoms with Crippen molar-refractivity contribution in [3.8, 4) is 5.75 Å². The summed E-state index contributed by atoms with van der Waals surface area (Å²) in [5, 5.41) is 3.35. The number of ether oxygens (including phenoxy) is 1. The standard InChI is InChI=1S/C12H20N4O2/c1-12(13-2)4-6-16(7-5-12)10-9(18-3)11(17)15-8-14-10/h8,13H,4-7H2,1-3H3,(H,14,15,17). The lowest BCUT2D eigenvalue weighted by Crippen LogP contribution is -2.50. The Bertz CT molecular complexity index is 463. The average molecular weight is 252 g/mol. The van der Waals surface area contributed by atoms with Gasteiger partial charge in [0.25, 0.3) is 5.56 Å². The van der Waals surface area contributed by atoms with E-state index in [1.54, 1.807) is 0 Å². The van der Waals surface area contributed by atoms with Crippen molar-refractivity contribution in [2.75, 3.05) is 32.1 Å². The number of hydrogen-bond acceptors (Lipinski definition) is 5. The Kier molecular flexibility index (Phi) is 3.56. The van der Waals surface area contributed by atoms with Gasteiger partial charge in [0.2, 0.25) is 5.75 Å². The first-order valence-corrected chi connectivity index (χ1v) is 6.15. The van der Waals surface area contributed by atoms with E-state index in [9.17, 15) is 4.79 Å². The number of nitrogens with one attached hydrogen (secondary N) is 2. The van der Waals surface area contributed by atoms with Crippen LogP contribution in [0.25, 0.3) is 0 Å². The lowest BCUT2D eigenvalue weighted by atomic mass is 9.90. The van der Waals surface area contributed by atoms with Crippen LogP contribution in [0.15, 0.2) is 11.1 Å². The van der Waals surface area contributed by atoms with Crippen LogP contribution >= 0.6 is 0 Å². The number of hydrogen-bond donors (Lipinski definition) is 2. The van der Waals surface area contributed by atoms with Gasteiger partial charge in [-0.25, -0.2) is 4.98 Å². The molecule has 1 aromatic rings. The fraction of sp³-hybridized carbons (Fsp3) is 0.667. The Morgan fingerprint density at radius 3 is 2.72 bits per heavy atom. The summed E-state index contributed by atoms with van der Waals surface area (Å²) in [7, 11) is 3.49. The van der Waals surface area contributed by atoms with Gasteiger partial charge >= 0.3 is 0 Å². The Morgan fingerprint density at radius 2 is 2.17 bits per heavy atom. The number of nitrogens with zero attached hydrogens (tertiary/aromatic N) is 2. The first-order valence-electron chi connectivity index (χ1n) is 6.15. The van der Waals surface area contributed by atoms with Gasteiger partial charge in [0.1, 0.15) is 0 Å². The second-order valence-electron chi connectivity index (χ2n) is 4.89. The van der Waals surface area contributed by atoms with Crippen molar-refractivity contribution >= 4 is 5.82 Å². The third-order valence-electron chi connectivity index (χ3n) is 3.77. The van der Waals surface area contributed by atoms with Crippen LogP contribution in [0, 0.1) is 0 Å². The topological polar surface area (TPSA) is 70.2 Å². The van der Waals surface area contributed by atoms with E-state index in [1.165, 1.54) is 13.4 Å². The fourth-order valence-electron chi connectivity index (χ4n) is 2.25. The Hall–Kier alpha value is -1.56. The summed E-state index contributed by atoms with van der Waals surface area (Å²) in [6.07, 6.45) is 3.45. The third-order valence-corrected chi connectivity index (χ3v) is 3.77. The van der Waals surface area contributed by atoms with Crippen LogP contribution in [0.3, 0.4) is 0 Å². The van der Waals surface area contributed by atoms with E-state index in [1.807, 2.05) is 7.05 Å². The monoisotopic (exact) mass is 252 g/mol. The van der Waals surface area contributed by atoms with Crippen molar-refractivity contribution in [3.63, 3.8) is 0 Å². The zero-order chi connectivity index (χ0) is 13.2. The molecule has 0 bridgehead atoms. The lowest BCUT2D eigenvalue weighted by Gasteiger charge is -2.39. The molecule has 1 saturated heterocycles. The lowest BCUT2D eigenvalue weighted by molar-refractivity contribution is 0.302. The smallest absolute Gasteiger partial charge is 0.295 e. The highest BCUT2D eigenvalue weighted by Gasteiger charge is 2.30. The number of aromatic nitrogens is 2. The number of H-pyrrole nitrogens is 1. The molecule has 0 spiro atoms. The predicted octanol–water partition coefficient (Wildman–Crippen LogP) is 0.357. The van der Waals surface area contributed by atoms with E-state index in [0.717, 1.165) is 25.9 Å². The van der Waals surface area contributed by atoms with Gasteiger partial charge < -0.3 is 19.9 Å². The zero-order valence-electron chi connectivity index (χ0n) is 11.1. The molecule has 2 N–H and O–H groups in total. The summed E-state index contributed by atoms with van der Waals surface area (Å²) < 4.78 is 5.14. The molecule has 6 heteroatoms. The normalized spacial score (nSPS) is 18.7. The van der Waals surface area contributed by atoms with Gasteiger partial charge in [-0.1, -0.05) is 0 Å². The summed E-state index contributed by atoms with van der Waals surface area (Å²) in [6.45, 7) is 3.95. The largest absolute Gasteiger partial charge is 0.489 e. The van der Waals surface area contributed by atoms with Gasteiger partial charge in [0.05, 0.1) is 13.4 Å². The van der Waals surface area contributed by atoms with Crippen molar-refractivity contribution in [3.05, 3.63) is 16.7 Å². The van der Waals surface area contributed by atoms with Crippen molar-refractivity contribution < 1.29 is 4.74 Å². The number of anilines is 1. The summed E-state index contributed by atoms with van der Waals surface area (Å²) in [5.74, 6) is 0.935. The zero-order valence-corrected chi connectivity index (χ0v) is 11.1. The minimum atomic E-state index is -0.232. The molecule has 0 aromatic carbocycles. The van der Waals surface area contributed by atoms with Crippen LogP contribution in [-0.2, 0) is 0 Å². The van der Waals surface area contributed by atoms with Gasteiger partial charge in [0, 0.05) is 18.6 Å². The molecule has 0 radical (unpaired) electrons. The second kappa shape index (κ2) is 4.97. The van der Waals surface area contributed by atoms with E-state index in [4.69, 9.17) is 4.74 Å². The minimum absolute atomic E-state index is 0.172. The van der Waals surface area contributed by atoms with Gasteiger partial charge in [-0.05, 0) is 26.8 Å². The molecule has 0 unspecified atom stereocenters. The third kappa shape index (κ3) is 2.33. The van der Waals surface area contributed by atoms with Gasteiger partial charge in [-0.2, -0.15) is 0 Å². The molecule has 18 heavy (non-hydrogen) atoms. The molecule has 100 valence electrons. The van der Waals surface area contributed by atoms with Crippen LogP contribution < -0.4 is 20.5 Å². The van der Waals surface area contributed by atoms with Gasteiger partial charge in [0.15, 0.2) is 5.82 Å². The summed E-state index contributed by atoms with van der Waals surface area (Å²) in [4.78, 5) is 20.5.